The number of anilines is 2. The summed E-state index contributed by atoms with van der Waals surface area (Å²) >= 11 is 20.1. The SMILES string of the molecule is COC(=O)CC1CN(Cc2ccccc2)CC1c1cc(-c2ccccc2Cl)c2c(c1)N(c1c(Cl)cccc1Cl)C(=O)NC2. The van der Waals surface area contributed by atoms with Crippen molar-refractivity contribution < 1.29 is 14.3 Å². The van der Waals surface area contributed by atoms with Crippen LogP contribution in [0.1, 0.15) is 29.0 Å². The molecule has 9 heteroatoms. The summed E-state index contributed by atoms with van der Waals surface area (Å²) in [6, 6.07) is 27.0. The molecule has 2 heterocycles. The van der Waals surface area contributed by atoms with Crippen LogP contribution in [0.15, 0.2) is 84.9 Å². The molecule has 6 nitrogen and oxygen atoms in total. The van der Waals surface area contributed by atoms with E-state index in [0.717, 1.165) is 41.9 Å². The highest BCUT2D eigenvalue weighted by molar-refractivity contribution is 6.40. The Labute approximate surface area is 266 Å². The number of nitrogens with one attached hydrogen (secondary N) is 1. The van der Waals surface area contributed by atoms with Crippen LogP contribution in [0.2, 0.25) is 15.1 Å². The minimum atomic E-state index is -0.326. The van der Waals surface area contributed by atoms with Crippen molar-refractivity contribution in [3.8, 4) is 11.1 Å². The number of ether oxygens (including phenoxy) is 1. The lowest BCUT2D eigenvalue weighted by atomic mass is 9.83. The molecule has 1 N–H and O–H groups in total. The topological polar surface area (TPSA) is 61.9 Å². The predicted octanol–water partition coefficient (Wildman–Crippen LogP) is 8.45. The molecule has 1 saturated heterocycles. The van der Waals surface area contributed by atoms with E-state index in [2.05, 4.69) is 34.5 Å². The third-order valence-corrected chi connectivity index (χ3v) is 9.22. The van der Waals surface area contributed by atoms with Crippen molar-refractivity contribution in [1.29, 1.82) is 0 Å². The van der Waals surface area contributed by atoms with E-state index in [1.165, 1.54) is 12.7 Å². The van der Waals surface area contributed by atoms with Gasteiger partial charge in [0.2, 0.25) is 0 Å². The molecule has 1 fully saturated rings. The molecular weight excluding hydrogens is 605 g/mol. The number of fused-ring (bicyclic) bond motifs is 1. The maximum Gasteiger partial charge on any atom is 0.326 e. The second kappa shape index (κ2) is 12.6. The highest BCUT2D eigenvalue weighted by Crippen LogP contribution is 2.47. The second-order valence-corrected chi connectivity index (χ2v) is 12.2. The first-order valence-electron chi connectivity index (χ1n) is 14.1. The van der Waals surface area contributed by atoms with Gasteiger partial charge in [-0.05, 0) is 46.9 Å². The van der Waals surface area contributed by atoms with Gasteiger partial charge in [-0.25, -0.2) is 4.79 Å². The monoisotopic (exact) mass is 633 g/mol. The van der Waals surface area contributed by atoms with Crippen LogP contribution in [0.4, 0.5) is 16.2 Å². The molecule has 2 atom stereocenters. The summed E-state index contributed by atoms with van der Waals surface area (Å²) in [6.45, 7) is 2.54. The average Bonchev–Trinajstić information content (AvgIpc) is 3.39. The van der Waals surface area contributed by atoms with Crippen LogP contribution in [-0.2, 0) is 22.6 Å². The molecule has 2 aliphatic rings. The zero-order valence-electron chi connectivity index (χ0n) is 23.5. The number of likely N-dealkylation sites (tertiary alicyclic amines) is 1. The molecule has 0 saturated carbocycles. The van der Waals surface area contributed by atoms with E-state index >= 15 is 0 Å². The van der Waals surface area contributed by atoms with Crippen molar-refractivity contribution in [2.45, 2.75) is 25.4 Å². The molecule has 220 valence electrons. The molecule has 2 amide bonds. The summed E-state index contributed by atoms with van der Waals surface area (Å²) in [6.07, 6.45) is 0.283. The van der Waals surface area contributed by atoms with E-state index in [9.17, 15) is 9.59 Å². The smallest absolute Gasteiger partial charge is 0.326 e. The van der Waals surface area contributed by atoms with Gasteiger partial charge in [-0.2, -0.15) is 0 Å². The number of rotatable bonds is 7. The number of methoxy groups -OCH3 is 1. The van der Waals surface area contributed by atoms with Gasteiger partial charge >= 0.3 is 12.0 Å². The Morgan fingerprint density at radius 1 is 0.884 bits per heavy atom. The lowest BCUT2D eigenvalue weighted by Gasteiger charge is -2.34. The van der Waals surface area contributed by atoms with Gasteiger partial charge < -0.3 is 10.1 Å². The van der Waals surface area contributed by atoms with Crippen molar-refractivity contribution in [3.05, 3.63) is 117 Å². The Morgan fingerprint density at radius 2 is 1.58 bits per heavy atom. The summed E-state index contributed by atoms with van der Waals surface area (Å²) in [5.74, 6) is -0.254. The standard InChI is InChI=1S/C34H30Cl3N3O3/c1-43-32(41)16-23-19-39(18-21-8-3-2-4-9-21)20-27(23)22-14-25(24-10-5-6-11-28(24)35)26-17-38-34(42)40(31(26)15-22)33-29(36)12-7-13-30(33)37/h2-15,23,27H,16-20H2,1H3,(H,38,42). The van der Waals surface area contributed by atoms with Crippen LogP contribution in [-0.4, -0.2) is 37.1 Å². The van der Waals surface area contributed by atoms with Crippen LogP contribution in [0.5, 0.6) is 0 Å². The average molecular weight is 635 g/mol. The third-order valence-electron chi connectivity index (χ3n) is 8.28. The molecule has 4 aromatic carbocycles. The molecule has 0 radical (unpaired) electrons. The minimum absolute atomic E-state index is 0.00285. The van der Waals surface area contributed by atoms with Crippen molar-refractivity contribution in [2.75, 3.05) is 25.1 Å². The Bertz CT molecular complexity index is 1660. The molecular formula is C34H30Cl3N3O3. The number of halogens is 3. The number of esters is 1. The molecule has 43 heavy (non-hydrogen) atoms. The number of amides is 2. The molecule has 0 aliphatic carbocycles. The first-order valence-corrected chi connectivity index (χ1v) is 15.2. The molecule has 4 aromatic rings. The maximum absolute atomic E-state index is 13.5. The van der Waals surface area contributed by atoms with Crippen LogP contribution < -0.4 is 10.2 Å². The fourth-order valence-corrected chi connectivity index (χ4v) is 7.09. The number of nitrogens with zero attached hydrogens (tertiary/aromatic N) is 2. The minimum Gasteiger partial charge on any atom is -0.469 e. The normalized spacial score (nSPS) is 18.3. The fourth-order valence-electron chi connectivity index (χ4n) is 6.29. The van der Waals surface area contributed by atoms with E-state index in [-0.39, 0.29) is 30.3 Å². The van der Waals surface area contributed by atoms with Crippen molar-refractivity contribution >= 4 is 58.2 Å². The van der Waals surface area contributed by atoms with E-state index in [1.54, 1.807) is 23.1 Å². The van der Waals surface area contributed by atoms with Gasteiger partial charge in [-0.1, -0.05) is 95.5 Å². The molecule has 2 unspecified atom stereocenters. The van der Waals surface area contributed by atoms with E-state index in [0.29, 0.717) is 33.0 Å². The maximum atomic E-state index is 13.5. The van der Waals surface area contributed by atoms with Gasteiger partial charge in [0.25, 0.3) is 0 Å². The predicted molar refractivity (Wildman–Crippen MR) is 172 cm³/mol. The van der Waals surface area contributed by atoms with Gasteiger partial charge in [0.1, 0.15) is 0 Å². The van der Waals surface area contributed by atoms with Crippen molar-refractivity contribution in [3.63, 3.8) is 0 Å². The summed E-state index contributed by atoms with van der Waals surface area (Å²) in [4.78, 5) is 30.0. The van der Waals surface area contributed by atoms with Gasteiger partial charge in [-0.3, -0.25) is 14.6 Å². The summed E-state index contributed by atoms with van der Waals surface area (Å²) in [7, 11) is 1.42. The summed E-state index contributed by atoms with van der Waals surface area (Å²) in [5, 5.41) is 4.31. The molecule has 0 spiro atoms. The number of carbonyl (C=O) groups excluding carboxylic acids is 2. The number of hydrogen-bond donors (Lipinski definition) is 1. The Morgan fingerprint density at radius 3 is 2.30 bits per heavy atom. The van der Waals surface area contributed by atoms with Gasteiger partial charge in [0, 0.05) is 48.2 Å². The van der Waals surface area contributed by atoms with Crippen LogP contribution in [0, 0.1) is 5.92 Å². The molecule has 6 rings (SSSR count). The van der Waals surface area contributed by atoms with Crippen LogP contribution >= 0.6 is 34.8 Å². The lowest BCUT2D eigenvalue weighted by molar-refractivity contribution is -0.141. The quantitative estimate of drug-likeness (QED) is 0.207. The van der Waals surface area contributed by atoms with Crippen molar-refractivity contribution in [1.82, 2.24) is 10.2 Å². The number of benzene rings is 4. The molecule has 2 aliphatic heterocycles. The van der Waals surface area contributed by atoms with Crippen LogP contribution in [0.3, 0.4) is 0 Å². The van der Waals surface area contributed by atoms with Gasteiger partial charge in [0.15, 0.2) is 0 Å². The summed E-state index contributed by atoms with van der Waals surface area (Å²) in [5.41, 5.74) is 5.96. The largest absolute Gasteiger partial charge is 0.469 e. The first-order chi connectivity index (χ1) is 20.8. The second-order valence-electron chi connectivity index (χ2n) is 10.9. The number of para-hydroxylation sites is 1. The number of hydrogen-bond acceptors (Lipinski definition) is 4. The number of carbonyl (C=O) groups is 2. The zero-order chi connectivity index (χ0) is 30.1. The van der Waals surface area contributed by atoms with Crippen LogP contribution in [0.25, 0.3) is 11.1 Å². The van der Waals surface area contributed by atoms with Gasteiger partial charge in [0.05, 0.1) is 35.0 Å². The van der Waals surface area contributed by atoms with E-state index in [1.807, 2.05) is 42.5 Å². The summed E-state index contributed by atoms with van der Waals surface area (Å²) < 4.78 is 5.10. The Kier molecular flexibility index (Phi) is 8.64. The highest BCUT2D eigenvalue weighted by atomic mass is 35.5. The Hall–Kier alpha value is -3.55. The van der Waals surface area contributed by atoms with E-state index in [4.69, 9.17) is 39.5 Å². The molecule has 0 aromatic heterocycles. The molecule has 0 bridgehead atoms. The van der Waals surface area contributed by atoms with Crippen molar-refractivity contribution in [2.24, 2.45) is 5.92 Å². The first kappa shape index (κ1) is 29.5. The number of urea groups is 1. The zero-order valence-corrected chi connectivity index (χ0v) is 25.8. The van der Waals surface area contributed by atoms with Gasteiger partial charge in [-0.15, -0.1) is 0 Å². The third kappa shape index (κ3) is 5.98. The Balaban J connectivity index is 1.51. The fraction of sp³-hybridized carbons (Fsp3) is 0.235. The highest BCUT2D eigenvalue weighted by Gasteiger charge is 2.38. The van der Waals surface area contributed by atoms with E-state index < -0.39 is 0 Å². The lowest BCUT2D eigenvalue weighted by Crippen LogP contribution is -2.42.